The van der Waals surface area contributed by atoms with Crippen LogP contribution in [0.2, 0.25) is 0 Å². The van der Waals surface area contributed by atoms with Crippen molar-refractivity contribution in [3.63, 3.8) is 0 Å². The fraction of sp³-hybridized carbons (Fsp3) is 0.370. The zero-order chi connectivity index (χ0) is 30.0. The maximum Gasteiger partial charge on any atom is 0.416 e. The van der Waals surface area contributed by atoms with Gasteiger partial charge in [-0.25, -0.2) is 8.42 Å². The number of fused-ring (bicyclic) bond motifs is 1. The monoisotopic (exact) mass is 594 g/mol. The molecule has 0 saturated carbocycles. The van der Waals surface area contributed by atoms with Crippen LogP contribution in [-0.2, 0) is 43.5 Å². The fourth-order valence-corrected chi connectivity index (χ4v) is 5.70. The van der Waals surface area contributed by atoms with Gasteiger partial charge >= 0.3 is 12.1 Å². The predicted molar refractivity (Wildman–Crippen MR) is 141 cm³/mol. The zero-order valence-corrected chi connectivity index (χ0v) is 23.3. The molecular weight excluding hydrogens is 565 g/mol. The van der Waals surface area contributed by atoms with Crippen LogP contribution in [0.3, 0.4) is 0 Å². The SMILES string of the molecule is CC(C)(C)OC(=O)Cc1ccc2c(c1)N(S(=O)(=O)c1cccc(C(F)(F)F)c1)C[C@H](CC(=O)NCc1cn[nH]c1)O2. The van der Waals surface area contributed by atoms with Gasteiger partial charge < -0.3 is 14.8 Å². The minimum Gasteiger partial charge on any atom is -0.486 e. The third-order valence-electron chi connectivity index (χ3n) is 5.93. The summed E-state index contributed by atoms with van der Waals surface area (Å²) in [5.74, 6) is -0.890. The molecule has 1 atom stereocenters. The molecule has 0 spiro atoms. The van der Waals surface area contributed by atoms with E-state index in [0.29, 0.717) is 11.6 Å². The summed E-state index contributed by atoms with van der Waals surface area (Å²) < 4.78 is 79.9. The molecule has 2 heterocycles. The molecule has 220 valence electrons. The number of benzene rings is 2. The van der Waals surface area contributed by atoms with E-state index in [4.69, 9.17) is 9.47 Å². The summed E-state index contributed by atoms with van der Waals surface area (Å²) >= 11 is 0. The van der Waals surface area contributed by atoms with Crippen molar-refractivity contribution < 1.29 is 40.7 Å². The highest BCUT2D eigenvalue weighted by molar-refractivity contribution is 7.92. The van der Waals surface area contributed by atoms with Gasteiger partial charge in [-0.1, -0.05) is 12.1 Å². The zero-order valence-electron chi connectivity index (χ0n) is 22.5. The standard InChI is InChI=1S/C27H29F3N4O6S/c1-26(2,3)40-25(36)10-17-7-8-23-22(9-17)34(41(37,38)21-6-4-5-19(11-21)27(28,29)30)16-20(39-23)12-24(35)31-13-18-14-32-33-15-18/h4-9,11,14-15,20H,10,12-13,16H2,1-3H3,(H,31,35)(H,32,33)/t20-/m0/s1. The Morgan fingerprint density at radius 1 is 1.15 bits per heavy atom. The Balaban J connectivity index is 1.65. The van der Waals surface area contributed by atoms with Gasteiger partial charge in [0.05, 0.1) is 41.7 Å². The van der Waals surface area contributed by atoms with Gasteiger partial charge in [-0.05, 0) is 56.7 Å². The van der Waals surface area contributed by atoms with E-state index in [2.05, 4.69) is 15.5 Å². The highest BCUT2D eigenvalue weighted by Crippen LogP contribution is 2.39. The Hall–Kier alpha value is -4.07. The van der Waals surface area contributed by atoms with Gasteiger partial charge in [0.1, 0.15) is 17.5 Å². The number of rotatable bonds is 8. The van der Waals surface area contributed by atoms with Gasteiger partial charge in [0.2, 0.25) is 5.91 Å². The molecule has 0 radical (unpaired) electrons. The van der Waals surface area contributed by atoms with Crippen molar-refractivity contribution in [2.24, 2.45) is 0 Å². The molecule has 1 aliphatic rings. The first-order valence-electron chi connectivity index (χ1n) is 12.6. The maximum absolute atomic E-state index is 13.8. The van der Waals surface area contributed by atoms with Gasteiger partial charge in [-0.3, -0.25) is 19.0 Å². The highest BCUT2D eigenvalue weighted by Gasteiger charge is 2.38. The summed E-state index contributed by atoms with van der Waals surface area (Å²) in [6, 6.07) is 7.84. The molecule has 0 fully saturated rings. The second-order valence-corrected chi connectivity index (χ2v) is 12.3. The number of alkyl halides is 3. The number of H-pyrrole nitrogens is 1. The number of esters is 1. The largest absolute Gasteiger partial charge is 0.486 e. The molecule has 0 bridgehead atoms. The number of sulfonamides is 1. The van der Waals surface area contributed by atoms with E-state index in [1.807, 2.05) is 0 Å². The quantitative estimate of drug-likeness (QED) is 0.378. The van der Waals surface area contributed by atoms with Crippen LogP contribution in [0.25, 0.3) is 0 Å². The number of halogens is 3. The number of hydrogen-bond acceptors (Lipinski definition) is 7. The minimum absolute atomic E-state index is 0.0264. The molecule has 0 unspecified atom stereocenters. The van der Waals surface area contributed by atoms with Crippen LogP contribution in [0.15, 0.2) is 59.8 Å². The number of aromatic nitrogens is 2. The third-order valence-corrected chi connectivity index (χ3v) is 7.71. The Bertz CT molecular complexity index is 1520. The molecule has 0 aliphatic carbocycles. The van der Waals surface area contributed by atoms with Crippen molar-refractivity contribution in [2.45, 2.75) is 62.9 Å². The number of ether oxygens (including phenoxy) is 2. The molecular formula is C27H29F3N4O6S. The summed E-state index contributed by atoms with van der Waals surface area (Å²) in [7, 11) is -4.56. The predicted octanol–water partition coefficient (Wildman–Crippen LogP) is 3.98. The summed E-state index contributed by atoms with van der Waals surface area (Å²) in [6.45, 7) is 4.95. The molecule has 3 aromatic rings. The van der Waals surface area contributed by atoms with Gasteiger partial charge in [0.25, 0.3) is 10.0 Å². The molecule has 41 heavy (non-hydrogen) atoms. The van der Waals surface area contributed by atoms with Crippen molar-refractivity contribution in [1.82, 2.24) is 15.5 Å². The van der Waals surface area contributed by atoms with Crippen LogP contribution >= 0.6 is 0 Å². The van der Waals surface area contributed by atoms with E-state index in [0.717, 1.165) is 28.1 Å². The average molecular weight is 595 g/mol. The second-order valence-electron chi connectivity index (χ2n) is 10.5. The van der Waals surface area contributed by atoms with Crippen molar-refractivity contribution in [3.05, 3.63) is 71.5 Å². The lowest BCUT2D eigenvalue weighted by Gasteiger charge is -2.35. The lowest BCUT2D eigenvalue weighted by molar-refractivity contribution is -0.154. The highest BCUT2D eigenvalue weighted by atomic mass is 32.2. The van der Waals surface area contributed by atoms with E-state index < -0.39 is 50.2 Å². The van der Waals surface area contributed by atoms with Crippen LogP contribution in [0.4, 0.5) is 18.9 Å². The summed E-state index contributed by atoms with van der Waals surface area (Å²) in [5, 5.41) is 9.11. The van der Waals surface area contributed by atoms with Crippen LogP contribution in [-0.4, -0.2) is 48.7 Å². The van der Waals surface area contributed by atoms with Crippen molar-refractivity contribution in [1.29, 1.82) is 0 Å². The molecule has 14 heteroatoms. The molecule has 2 N–H and O–H groups in total. The van der Waals surface area contributed by atoms with E-state index in [1.54, 1.807) is 33.0 Å². The van der Waals surface area contributed by atoms with Crippen molar-refractivity contribution in [2.75, 3.05) is 10.8 Å². The normalized spacial score (nSPS) is 15.6. The number of aromatic amines is 1. The third kappa shape index (κ3) is 7.57. The topological polar surface area (TPSA) is 131 Å². The van der Waals surface area contributed by atoms with E-state index in [1.165, 1.54) is 18.3 Å². The lowest BCUT2D eigenvalue weighted by atomic mass is 10.1. The minimum atomic E-state index is -4.76. The summed E-state index contributed by atoms with van der Waals surface area (Å²) in [5.41, 5.74) is -0.709. The second kappa shape index (κ2) is 11.4. The number of nitrogens with zero attached hydrogens (tertiary/aromatic N) is 2. The summed E-state index contributed by atoms with van der Waals surface area (Å²) in [6.07, 6.45) is -2.99. The maximum atomic E-state index is 13.8. The Labute approximate surface area is 234 Å². The Kier molecular flexibility index (Phi) is 8.34. The molecule has 1 aliphatic heterocycles. The molecule has 1 aromatic heterocycles. The first kappa shape index (κ1) is 29.9. The lowest BCUT2D eigenvalue weighted by Crippen LogP contribution is -2.45. The van der Waals surface area contributed by atoms with Crippen LogP contribution in [0, 0.1) is 0 Å². The van der Waals surface area contributed by atoms with Crippen LogP contribution in [0.1, 0.15) is 43.9 Å². The fourth-order valence-electron chi connectivity index (χ4n) is 4.16. The number of carbonyl (C=O) groups is 2. The van der Waals surface area contributed by atoms with Gasteiger partial charge in [0, 0.05) is 18.3 Å². The molecule has 10 nitrogen and oxygen atoms in total. The van der Waals surface area contributed by atoms with E-state index in [-0.39, 0.29) is 37.4 Å². The van der Waals surface area contributed by atoms with E-state index >= 15 is 0 Å². The molecule has 0 saturated heterocycles. The van der Waals surface area contributed by atoms with Crippen molar-refractivity contribution in [3.8, 4) is 5.75 Å². The van der Waals surface area contributed by atoms with Gasteiger partial charge in [0.15, 0.2) is 0 Å². The first-order chi connectivity index (χ1) is 19.1. The summed E-state index contributed by atoms with van der Waals surface area (Å²) in [4.78, 5) is 24.4. The van der Waals surface area contributed by atoms with Gasteiger partial charge in [-0.2, -0.15) is 18.3 Å². The average Bonchev–Trinajstić information content (AvgIpc) is 3.39. The molecule has 1 amide bonds. The number of nitrogens with one attached hydrogen (secondary N) is 2. The van der Waals surface area contributed by atoms with E-state index in [9.17, 15) is 31.2 Å². The Morgan fingerprint density at radius 2 is 1.90 bits per heavy atom. The molecule has 4 rings (SSSR count). The molecule has 2 aromatic carbocycles. The number of amides is 1. The van der Waals surface area contributed by atoms with Crippen LogP contribution < -0.4 is 14.4 Å². The first-order valence-corrected chi connectivity index (χ1v) is 14.0. The van der Waals surface area contributed by atoms with Crippen molar-refractivity contribution >= 4 is 27.6 Å². The van der Waals surface area contributed by atoms with Gasteiger partial charge in [-0.15, -0.1) is 0 Å². The number of hydrogen-bond donors (Lipinski definition) is 2. The number of anilines is 1. The number of carbonyl (C=O) groups excluding carboxylic acids is 2. The van der Waals surface area contributed by atoms with Crippen LogP contribution in [0.5, 0.6) is 5.75 Å². The smallest absolute Gasteiger partial charge is 0.416 e. The Morgan fingerprint density at radius 3 is 2.56 bits per heavy atom.